The lowest BCUT2D eigenvalue weighted by molar-refractivity contribution is -0.139. The van der Waals surface area contributed by atoms with Crippen molar-refractivity contribution in [3.8, 4) is 16.9 Å². The molecular formula is C19H20O6S. The molecule has 6 nitrogen and oxygen atoms in total. The second-order valence-corrected chi connectivity index (χ2v) is 7.46. The fourth-order valence-electron chi connectivity index (χ4n) is 2.21. The molecule has 0 spiro atoms. The molecule has 2 aromatic rings. The predicted octanol–water partition coefficient (Wildman–Crippen LogP) is 2.58. The number of esters is 1. The Balaban J connectivity index is 1.99. The van der Waals surface area contributed by atoms with Crippen LogP contribution in [0.2, 0.25) is 0 Å². The number of aromatic hydroxyl groups is 1. The van der Waals surface area contributed by atoms with E-state index in [2.05, 4.69) is 6.58 Å². The van der Waals surface area contributed by atoms with Crippen LogP contribution in [-0.2, 0) is 24.1 Å². The first-order valence-electron chi connectivity index (χ1n) is 7.92. The first-order chi connectivity index (χ1) is 12.4. The predicted molar refractivity (Wildman–Crippen MR) is 97.6 cm³/mol. The zero-order valence-electron chi connectivity index (χ0n) is 14.1. The minimum Gasteiger partial charge on any atom is -0.507 e. The molecule has 0 aliphatic heterocycles. The Labute approximate surface area is 152 Å². The SMILES string of the molecule is C=CC(=O)OCCOCCS(=O)(=O)c1ccc(O)c(-c2ccccc2)c1. The van der Waals surface area contributed by atoms with Gasteiger partial charge in [-0.2, -0.15) is 0 Å². The number of benzene rings is 2. The molecule has 7 heteroatoms. The van der Waals surface area contributed by atoms with Gasteiger partial charge in [-0.1, -0.05) is 36.9 Å². The second-order valence-electron chi connectivity index (χ2n) is 5.35. The molecule has 0 saturated heterocycles. The van der Waals surface area contributed by atoms with Gasteiger partial charge in [0.2, 0.25) is 0 Å². The number of hydrogen-bond donors (Lipinski definition) is 1. The van der Waals surface area contributed by atoms with Crippen LogP contribution >= 0.6 is 0 Å². The molecule has 2 rings (SSSR count). The molecule has 0 heterocycles. The summed E-state index contributed by atoms with van der Waals surface area (Å²) >= 11 is 0. The number of rotatable bonds is 9. The first-order valence-corrected chi connectivity index (χ1v) is 9.57. The third-order valence-electron chi connectivity index (χ3n) is 3.55. The first kappa shape index (κ1) is 19.7. The van der Waals surface area contributed by atoms with Crippen LogP contribution in [0.5, 0.6) is 5.75 Å². The maximum atomic E-state index is 12.5. The Bertz CT molecular complexity index is 859. The van der Waals surface area contributed by atoms with E-state index < -0.39 is 15.8 Å². The fourth-order valence-corrected chi connectivity index (χ4v) is 3.35. The van der Waals surface area contributed by atoms with Crippen molar-refractivity contribution in [3.63, 3.8) is 0 Å². The number of phenolic OH excluding ortho intramolecular Hbond substituents is 1. The highest BCUT2D eigenvalue weighted by Crippen LogP contribution is 2.31. The summed E-state index contributed by atoms with van der Waals surface area (Å²) in [6.07, 6.45) is 1.04. The number of sulfone groups is 1. The molecule has 0 aliphatic rings. The minimum absolute atomic E-state index is 0.00966. The van der Waals surface area contributed by atoms with Gasteiger partial charge in [-0.15, -0.1) is 0 Å². The van der Waals surface area contributed by atoms with E-state index in [9.17, 15) is 18.3 Å². The normalized spacial score (nSPS) is 11.1. The summed E-state index contributed by atoms with van der Waals surface area (Å²) in [5.74, 6) is -0.768. The third-order valence-corrected chi connectivity index (χ3v) is 5.22. The van der Waals surface area contributed by atoms with E-state index in [1.165, 1.54) is 18.2 Å². The molecule has 0 unspecified atom stereocenters. The van der Waals surface area contributed by atoms with E-state index in [4.69, 9.17) is 9.47 Å². The molecule has 0 bridgehead atoms. The largest absolute Gasteiger partial charge is 0.507 e. The highest BCUT2D eigenvalue weighted by Gasteiger charge is 2.17. The van der Waals surface area contributed by atoms with E-state index in [0.29, 0.717) is 5.56 Å². The molecule has 0 aromatic heterocycles. The molecule has 26 heavy (non-hydrogen) atoms. The van der Waals surface area contributed by atoms with Crippen LogP contribution in [0.25, 0.3) is 11.1 Å². The van der Waals surface area contributed by atoms with Crippen molar-refractivity contribution < 1.29 is 27.8 Å². The van der Waals surface area contributed by atoms with Crippen molar-refractivity contribution in [1.29, 1.82) is 0 Å². The summed E-state index contributed by atoms with van der Waals surface area (Å²) in [6, 6.07) is 13.2. The maximum Gasteiger partial charge on any atom is 0.330 e. The standard InChI is InChI=1S/C19H20O6S/c1-2-19(21)25-11-10-24-12-13-26(22,23)16-8-9-18(20)17(14-16)15-6-4-3-5-7-15/h2-9,14,20H,1,10-13H2. The summed E-state index contributed by atoms with van der Waals surface area (Å²) < 4.78 is 34.8. The van der Waals surface area contributed by atoms with Gasteiger partial charge in [-0.05, 0) is 23.8 Å². The van der Waals surface area contributed by atoms with Gasteiger partial charge in [-0.25, -0.2) is 13.2 Å². The molecule has 0 aliphatic carbocycles. The van der Waals surface area contributed by atoms with E-state index >= 15 is 0 Å². The average Bonchev–Trinajstić information content (AvgIpc) is 2.65. The van der Waals surface area contributed by atoms with Crippen molar-refractivity contribution in [2.45, 2.75) is 4.90 Å². The summed E-state index contributed by atoms with van der Waals surface area (Å²) in [5, 5.41) is 10.0. The number of carbonyl (C=O) groups is 1. The number of phenols is 1. The second kappa shape index (κ2) is 9.17. The van der Waals surface area contributed by atoms with Crippen molar-refractivity contribution in [3.05, 3.63) is 61.2 Å². The molecule has 0 atom stereocenters. The number of carbonyl (C=O) groups excluding carboxylic acids is 1. The van der Waals surface area contributed by atoms with Crippen molar-refractivity contribution in [2.24, 2.45) is 0 Å². The van der Waals surface area contributed by atoms with Gasteiger partial charge in [0, 0.05) is 11.6 Å². The third kappa shape index (κ3) is 5.44. The zero-order valence-corrected chi connectivity index (χ0v) is 14.9. The molecule has 2 aromatic carbocycles. The Hall–Kier alpha value is -2.64. The highest BCUT2D eigenvalue weighted by atomic mass is 32.2. The van der Waals surface area contributed by atoms with E-state index in [1.807, 2.05) is 18.2 Å². The highest BCUT2D eigenvalue weighted by molar-refractivity contribution is 7.91. The van der Waals surface area contributed by atoms with Crippen molar-refractivity contribution in [2.75, 3.05) is 25.6 Å². The average molecular weight is 376 g/mol. The van der Waals surface area contributed by atoms with E-state index in [1.54, 1.807) is 12.1 Å². The summed E-state index contributed by atoms with van der Waals surface area (Å²) in [4.78, 5) is 11.0. The summed E-state index contributed by atoms with van der Waals surface area (Å²) in [5.41, 5.74) is 1.17. The summed E-state index contributed by atoms with van der Waals surface area (Å²) in [6.45, 7) is 3.36. The number of ether oxygens (including phenoxy) is 2. The molecular weight excluding hydrogens is 356 g/mol. The van der Waals surface area contributed by atoms with Crippen molar-refractivity contribution >= 4 is 15.8 Å². The van der Waals surface area contributed by atoms with Crippen LogP contribution in [0, 0.1) is 0 Å². The molecule has 0 amide bonds. The molecule has 138 valence electrons. The van der Waals surface area contributed by atoms with E-state index in [0.717, 1.165) is 11.6 Å². The molecule has 0 saturated carbocycles. The van der Waals surface area contributed by atoms with Crippen LogP contribution in [0.1, 0.15) is 0 Å². The van der Waals surface area contributed by atoms with Gasteiger partial charge in [0.05, 0.1) is 23.9 Å². The van der Waals surface area contributed by atoms with Crippen LogP contribution in [0.4, 0.5) is 0 Å². The lowest BCUT2D eigenvalue weighted by Gasteiger charge is -2.10. The topological polar surface area (TPSA) is 89.9 Å². The smallest absolute Gasteiger partial charge is 0.330 e. The lowest BCUT2D eigenvalue weighted by Crippen LogP contribution is -2.15. The Kier molecular flexibility index (Phi) is 6.94. The van der Waals surface area contributed by atoms with Crippen LogP contribution in [-0.4, -0.2) is 45.1 Å². The molecule has 0 radical (unpaired) electrons. The summed E-state index contributed by atoms with van der Waals surface area (Å²) in [7, 11) is -3.58. The Morgan fingerprint density at radius 3 is 2.50 bits per heavy atom. The van der Waals surface area contributed by atoms with Gasteiger partial charge in [0.1, 0.15) is 12.4 Å². The number of hydrogen-bond acceptors (Lipinski definition) is 6. The quantitative estimate of drug-likeness (QED) is 0.411. The van der Waals surface area contributed by atoms with Gasteiger partial charge < -0.3 is 14.6 Å². The molecule has 1 N–H and O–H groups in total. The van der Waals surface area contributed by atoms with Gasteiger partial charge in [0.25, 0.3) is 0 Å². The van der Waals surface area contributed by atoms with Gasteiger partial charge >= 0.3 is 5.97 Å². The lowest BCUT2D eigenvalue weighted by atomic mass is 10.1. The Morgan fingerprint density at radius 2 is 1.81 bits per heavy atom. The van der Waals surface area contributed by atoms with Crippen molar-refractivity contribution in [1.82, 2.24) is 0 Å². The molecule has 0 fully saturated rings. The maximum absolute atomic E-state index is 12.5. The monoisotopic (exact) mass is 376 g/mol. The van der Waals surface area contributed by atoms with Crippen LogP contribution in [0.15, 0.2) is 66.1 Å². The Morgan fingerprint density at radius 1 is 1.08 bits per heavy atom. The van der Waals surface area contributed by atoms with Gasteiger partial charge in [-0.3, -0.25) is 0 Å². The fraction of sp³-hybridized carbons (Fsp3) is 0.211. The van der Waals surface area contributed by atoms with Crippen LogP contribution < -0.4 is 0 Å². The van der Waals surface area contributed by atoms with Crippen LogP contribution in [0.3, 0.4) is 0 Å². The van der Waals surface area contributed by atoms with Gasteiger partial charge in [0.15, 0.2) is 9.84 Å². The minimum atomic E-state index is -3.58. The zero-order chi connectivity index (χ0) is 19.0. The van der Waals surface area contributed by atoms with E-state index in [-0.39, 0.29) is 36.2 Å².